The van der Waals surface area contributed by atoms with Crippen molar-refractivity contribution in [3.63, 3.8) is 0 Å². The molecule has 23 heavy (non-hydrogen) atoms. The quantitative estimate of drug-likeness (QED) is 0.903. The molecule has 6 nitrogen and oxygen atoms in total. The molecule has 1 amide bonds. The standard InChI is InChI=1S/C17H19N3O3/c1-4-10-5-7-11(8-6-10)12-9-13(21)18-15-14(12)16(22)20(3)17(23)19(15)2/h5-8,12H,4,9H2,1-3H3,(H,18,21)/t12-/m0/s1. The Bertz CT molecular complexity index is 891. The van der Waals surface area contributed by atoms with Crippen LogP contribution in [0.25, 0.3) is 0 Å². The maximum atomic E-state index is 12.6. The zero-order chi connectivity index (χ0) is 16.7. The SMILES string of the molecule is CCc1ccc([C@@H]2CC(=O)Nc3c2c(=O)n(C)c(=O)n3C)cc1. The van der Waals surface area contributed by atoms with Crippen LogP contribution in [0.4, 0.5) is 5.82 Å². The Morgan fingerprint density at radius 3 is 2.35 bits per heavy atom. The van der Waals surface area contributed by atoms with Crippen LogP contribution in [0.3, 0.4) is 0 Å². The van der Waals surface area contributed by atoms with Crippen molar-refractivity contribution in [2.75, 3.05) is 5.32 Å². The summed E-state index contributed by atoms with van der Waals surface area (Å²) in [6.45, 7) is 2.07. The molecule has 0 unspecified atom stereocenters. The number of hydrogen-bond acceptors (Lipinski definition) is 3. The van der Waals surface area contributed by atoms with Gasteiger partial charge in [-0.05, 0) is 17.5 Å². The molecular formula is C17H19N3O3. The number of nitrogens with zero attached hydrogens (tertiary/aromatic N) is 2. The third-order valence-electron chi connectivity index (χ3n) is 4.49. The van der Waals surface area contributed by atoms with Gasteiger partial charge in [-0.25, -0.2) is 4.79 Å². The van der Waals surface area contributed by atoms with Crippen molar-refractivity contribution in [1.82, 2.24) is 9.13 Å². The summed E-state index contributed by atoms with van der Waals surface area (Å²) in [5.74, 6) is -0.223. The lowest BCUT2D eigenvalue weighted by Crippen LogP contribution is -2.44. The highest BCUT2D eigenvalue weighted by Gasteiger charge is 2.32. The van der Waals surface area contributed by atoms with Crippen molar-refractivity contribution < 1.29 is 4.79 Å². The van der Waals surface area contributed by atoms with E-state index >= 15 is 0 Å². The van der Waals surface area contributed by atoms with E-state index in [1.54, 1.807) is 7.05 Å². The van der Waals surface area contributed by atoms with E-state index in [4.69, 9.17) is 0 Å². The van der Waals surface area contributed by atoms with Crippen molar-refractivity contribution >= 4 is 11.7 Å². The number of aryl methyl sites for hydroxylation is 1. The van der Waals surface area contributed by atoms with Crippen LogP contribution in [0.5, 0.6) is 0 Å². The van der Waals surface area contributed by atoms with Crippen molar-refractivity contribution in [1.29, 1.82) is 0 Å². The highest BCUT2D eigenvalue weighted by atomic mass is 16.2. The van der Waals surface area contributed by atoms with Crippen LogP contribution in [-0.2, 0) is 25.3 Å². The van der Waals surface area contributed by atoms with Crippen molar-refractivity contribution in [3.8, 4) is 0 Å². The molecule has 0 bridgehead atoms. The van der Waals surface area contributed by atoms with Crippen LogP contribution in [-0.4, -0.2) is 15.0 Å². The number of benzene rings is 1. The van der Waals surface area contributed by atoms with Crippen molar-refractivity contribution in [2.24, 2.45) is 14.1 Å². The first-order chi connectivity index (χ1) is 10.9. The van der Waals surface area contributed by atoms with E-state index in [9.17, 15) is 14.4 Å². The van der Waals surface area contributed by atoms with Gasteiger partial charge in [0.15, 0.2) is 0 Å². The van der Waals surface area contributed by atoms with Gasteiger partial charge in [0.05, 0.1) is 5.56 Å². The average molecular weight is 313 g/mol. The van der Waals surface area contributed by atoms with Gasteiger partial charge in [-0.1, -0.05) is 31.2 Å². The Labute approximate surface area is 133 Å². The predicted molar refractivity (Wildman–Crippen MR) is 87.8 cm³/mol. The number of rotatable bonds is 2. The van der Waals surface area contributed by atoms with Crippen molar-refractivity contribution in [3.05, 3.63) is 61.8 Å². The molecular weight excluding hydrogens is 294 g/mol. The molecule has 1 aliphatic heterocycles. The largest absolute Gasteiger partial charge is 0.332 e. The van der Waals surface area contributed by atoms with Gasteiger partial charge < -0.3 is 5.32 Å². The number of anilines is 1. The Balaban J connectivity index is 2.24. The molecule has 3 rings (SSSR count). The van der Waals surface area contributed by atoms with E-state index in [0.29, 0.717) is 11.4 Å². The molecule has 1 aromatic heterocycles. The number of amides is 1. The average Bonchev–Trinajstić information content (AvgIpc) is 2.57. The van der Waals surface area contributed by atoms with Crippen LogP contribution >= 0.6 is 0 Å². The first-order valence-corrected chi connectivity index (χ1v) is 7.62. The van der Waals surface area contributed by atoms with Crippen LogP contribution < -0.4 is 16.6 Å². The fraction of sp³-hybridized carbons (Fsp3) is 0.353. The van der Waals surface area contributed by atoms with E-state index < -0.39 is 5.69 Å². The van der Waals surface area contributed by atoms with Crippen LogP contribution in [0, 0.1) is 0 Å². The molecule has 0 saturated carbocycles. The van der Waals surface area contributed by atoms with E-state index in [1.807, 2.05) is 24.3 Å². The summed E-state index contributed by atoms with van der Waals surface area (Å²) in [6.07, 6.45) is 1.13. The summed E-state index contributed by atoms with van der Waals surface area (Å²) in [6, 6.07) is 7.93. The van der Waals surface area contributed by atoms with Gasteiger partial charge >= 0.3 is 5.69 Å². The topological polar surface area (TPSA) is 73.1 Å². The minimum atomic E-state index is -0.448. The van der Waals surface area contributed by atoms with Gasteiger partial charge in [0, 0.05) is 26.4 Å². The lowest BCUT2D eigenvalue weighted by atomic mass is 9.86. The Kier molecular flexibility index (Phi) is 3.67. The molecule has 0 fully saturated rings. The molecule has 1 aromatic carbocycles. The van der Waals surface area contributed by atoms with Crippen LogP contribution in [0.1, 0.15) is 36.0 Å². The summed E-state index contributed by atoms with van der Waals surface area (Å²) in [5.41, 5.74) is 1.78. The smallest absolute Gasteiger partial charge is 0.312 e. The van der Waals surface area contributed by atoms with Crippen LogP contribution in [0.2, 0.25) is 0 Å². The van der Waals surface area contributed by atoms with Gasteiger partial charge in [0.25, 0.3) is 5.56 Å². The zero-order valence-electron chi connectivity index (χ0n) is 13.4. The van der Waals surface area contributed by atoms with Gasteiger partial charge in [-0.15, -0.1) is 0 Å². The van der Waals surface area contributed by atoms with E-state index in [1.165, 1.54) is 17.2 Å². The summed E-state index contributed by atoms with van der Waals surface area (Å²) in [4.78, 5) is 36.7. The molecule has 2 aromatic rings. The second kappa shape index (κ2) is 5.53. The van der Waals surface area contributed by atoms with Crippen molar-refractivity contribution in [2.45, 2.75) is 25.7 Å². The minimum Gasteiger partial charge on any atom is -0.312 e. The third-order valence-corrected chi connectivity index (χ3v) is 4.49. The molecule has 2 heterocycles. The van der Waals surface area contributed by atoms with E-state index in [2.05, 4.69) is 12.2 Å². The summed E-state index contributed by atoms with van der Waals surface area (Å²) in [5, 5.41) is 2.67. The number of aromatic nitrogens is 2. The van der Waals surface area contributed by atoms with E-state index in [-0.39, 0.29) is 23.8 Å². The third kappa shape index (κ3) is 2.40. The predicted octanol–water partition coefficient (Wildman–Crippen LogP) is 1.12. The summed E-state index contributed by atoms with van der Waals surface area (Å²) < 4.78 is 2.41. The van der Waals surface area contributed by atoms with Gasteiger partial charge in [-0.3, -0.25) is 18.7 Å². The fourth-order valence-electron chi connectivity index (χ4n) is 3.08. The lowest BCUT2D eigenvalue weighted by molar-refractivity contribution is -0.116. The molecule has 1 aliphatic rings. The number of nitrogens with one attached hydrogen (secondary N) is 1. The molecule has 0 spiro atoms. The molecule has 1 atom stereocenters. The minimum absolute atomic E-state index is 0.190. The Morgan fingerprint density at radius 2 is 1.74 bits per heavy atom. The fourth-order valence-corrected chi connectivity index (χ4v) is 3.08. The van der Waals surface area contributed by atoms with E-state index in [0.717, 1.165) is 16.6 Å². The monoisotopic (exact) mass is 313 g/mol. The van der Waals surface area contributed by atoms with Gasteiger partial charge in [0.1, 0.15) is 5.82 Å². The molecule has 6 heteroatoms. The highest BCUT2D eigenvalue weighted by Crippen LogP contribution is 2.34. The second-order valence-electron chi connectivity index (χ2n) is 5.87. The van der Waals surface area contributed by atoms with Crippen LogP contribution in [0.15, 0.2) is 33.9 Å². The second-order valence-corrected chi connectivity index (χ2v) is 5.87. The molecule has 120 valence electrons. The van der Waals surface area contributed by atoms with Gasteiger partial charge in [0.2, 0.25) is 5.91 Å². The molecule has 1 N–H and O–H groups in total. The molecule has 0 radical (unpaired) electrons. The zero-order valence-corrected chi connectivity index (χ0v) is 13.4. The maximum Gasteiger partial charge on any atom is 0.332 e. The normalized spacial score (nSPS) is 16.8. The number of fused-ring (bicyclic) bond motifs is 1. The number of carbonyl (C=O) groups excluding carboxylic acids is 1. The summed E-state index contributed by atoms with van der Waals surface area (Å²) >= 11 is 0. The molecule has 0 aliphatic carbocycles. The highest BCUT2D eigenvalue weighted by molar-refractivity contribution is 5.94. The molecule has 0 saturated heterocycles. The summed E-state index contributed by atoms with van der Waals surface area (Å²) in [7, 11) is 3.02. The maximum absolute atomic E-state index is 12.6. The number of hydrogen-bond donors (Lipinski definition) is 1. The van der Waals surface area contributed by atoms with Gasteiger partial charge in [-0.2, -0.15) is 0 Å². The number of carbonyl (C=O) groups is 1. The first kappa shape index (κ1) is 15.3. The lowest BCUT2D eigenvalue weighted by Gasteiger charge is -2.27. The Hall–Kier alpha value is -2.63. The Morgan fingerprint density at radius 1 is 1.09 bits per heavy atom. The first-order valence-electron chi connectivity index (χ1n) is 7.62.